The Balaban J connectivity index is 1.85. The molecule has 2 nitrogen and oxygen atoms in total. The number of benzene rings is 2. The molecule has 2 heteroatoms. The second-order valence-corrected chi connectivity index (χ2v) is 6.44. The van der Waals surface area contributed by atoms with E-state index in [1.54, 1.807) is 0 Å². The van der Waals surface area contributed by atoms with Crippen LogP contribution in [0.2, 0.25) is 0 Å². The summed E-state index contributed by atoms with van der Waals surface area (Å²) in [7, 11) is 0. The van der Waals surface area contributed by atoms with Crippen LogP contribution in [-0.4, -0.2) is 10.8 Å². The summed E-state index contributed by atoms with van der Waals surface area (Å²) in [6, 6.07) is 17.3. The van der Waals surface area contributed by atoms with Crippen molar-refractivity contribution < 1.29 is 0 Å². The summed E-state index contributed by atoms with van der Waals surface area (Å²) >= 11 is 0. The summed E-state index contributed by atoms with van der Waals surface area (Å²) in [5.74, 6) is 0.254. The van der Waals surface area contributed by atoms with Gasteiger partial charge in [-0.1, -0.05) is 61.2 Å². The number of allylic oxidation sites excluding steroid dienone is 6. The van der Waals surface area contributed by atoms with Gasteiger partial charge in [-0.15, -0.1) is 0 Å². The normalized spacial score (nSPS) is 18.0. The Kier molecular flexibility index (Phi) is 4.40. The van der Waals surface area contributed by atoms with Gasteiger partial charge in [0.1, 0.15) is 0 Å². The summed E-state index contributed by atoms with van der Waals surface area (Å²) in [6.07, 6.45) is 13.2. The summed E-state index contributed by atoms with van der Waals surface area (Å²) in [4.78, 5) is 4.56. The minimum atomic E-state index is 0.254. The molecule has 0 fully saturated rings. The Bertz CT molecular complexity index is 1040. The van der Waals surface area contributed by atoms with E-state index in [0.29, 0.717) is 0 Å². The monoisotopic (exact) mass is 338 g/mol. The van der Waals surface area contributed by atoms with Crippen molar-refractivity contribution in [2.45, 2.75) is 13.3 Å². The number of hydrogen-bond donors (Lipinski definition) is 0. The molecular formula is C24H22N2. The maximum atomic E-state index is 4.56. The van der Waals surface area contributed by atoms with Gasteiger partial charge in [0.05, 0.1) is 11.0 Å². The number of nitrogens with zero attached hydrogens (tertiary/aromatic N) is 2. The highest BCUT2D eigenvalue weighted by Crippen LogP contribution is 2.36. The highest BCUT2D eigenvalue weighted by atomic mass is 15.0. The molecule has 0 saturated heterocycles. The van der Waals surface area contributed by atoms with Gasteiger partial charge in [-0.05, 0) is 37.6 Å². The van der Waals surface area contributed by atoms with Crippen LogP contribution in [0.15, 0.2) is 96.2 Å². The highest BCUT2D eigenvalue weighted by molar-refractivity contribution is 6.10. The predicted molar refractivity (Wildman–Crippen MR) is 113 cm³/mol. The van der Waals surface area contributed by atoms with Crippen molar-refractivity contribution in [3.8, 4) is 0 Å². The Morgan fingerprint density at radius 3 is 2.35 bits per heavy atom. The molecule has 1 heterocycles. The molecule has 128 valence electrons. The fraction of sp³-hybridized carbons (Fsp3) is 0.125. The maximum Gasteiger partial charge on any atom is 0.0537 e. The molecule has 3 aromatic rings. The number of rotatable bonds is 4. The Hall–Kier alpha value is -3.13. The standard InChI is InChI=1S/C24H22N2/c1-3-10-22(25-4-2)18-11-9-12-19(17-18)26-23-15-7-5-13-20(23)21-14-6-8-16-24(21)26/h3-16,18H,1,17H2,2H3/b22-10-,25-4-. The van der Waals surface area contributed by atoms with E-state index in [2.05, 4.69) is 82.9 Å². The van der Waals surface area contributed by atoms with Crippen LogP contribution in [-0.2, 0) is 0 Å². The third-order valence-corrected chi connectivity index (χ3v) is 4.88. The average Bonchev–Trinajstić information content (AvgIpc) is 3.02. The lowest BCUT2D eigenvalue weighted by Gasteiger charge is -2.21. The van der Waals surface area contributed by atoms with E-state index in [0.717, 1.165) is 12.1 Å². The Labute approximate surface area is 154 Å². The summed E-state index contributed by atoms with van der Waals surface area (Å²) in [6.45, 7) is 5.79. The highest BCUT2D eigenvalue weighted by Gasteiger charge is 2.19. The van der Waals surface area contributed by atoms with Crippen LogP contribution < -0.4 is 0 Å². The van der Waals surface area contributed by atoms with Gasteiger partial charge in [-0.25, -0.2) is 0 Å². The largest absolute Gasteiger partial charge is 0.313 e. The lowest BCUT2D eigenvalue weighted by atomic mass is 9.94. The molecule has 1 aromatic heterocycles. The first kappa shape index (κ1) is 16.3. The average molecular weight is 338 g/mol. The molecule has 2 aromatic carbocycles. The van der Waals surface area contributed by atoms with Crippen molar-refractivity contribution in [3.63, 3.8) is 0 Å². The van der Waals surface area contributed by atoms with E-state index >= 15 is 0 Å². The van der Waals surface area contributed by atoms with Crippen molar-refractivity contribution in [1.82, 2.24) is 4.57 Å². The van der Waals surface area contributed by atoms with E-state index in [9.17, 15) is 0 Å². The molecule has 0 aliphatic heterocycles. The number of aromatic nitrogens is 1. The van der Waals surface area contributed by atoms with Gasteiger partial charge in [0, 0.05) is 34.3 Å². The lowest BCUT2D eigenvalue weighted by molar-refractivity contribution is 0.749. The van der Waals surface area contributed by atoms with Crippen LogP contribution in [0.25, 0.3) is 27.5 Å². The molecule has 0 radical (unpaired) electrons. The second kappa shape index (κ2) is 7.01. The Morgan fingerprint density at radius 1 is 1.08 bits per heavy atom. The van der Waals surface area contributed by atoms with Crippen molar-refractivity contribution in [1.29, 1.82) is 0 Å². The lowest BCUT2D eigenvalue weighted by Crippen LogP contribution is -2.08. The topological polar surface area (TPSA) is 17.3 Å². The summed E-state index contributed by atoms with van der Waals surface area (Å²) in [5.41, 5.74) is 4.84. The molecule has 26 heavy (non-hydrogen) atoms. The number of aliphatic imine (C=N–C) groups is 1. The van der Waals surface area contributed by atoms with Gasteiger partial charge >= 0.3 is 0 Å². The van der Waals surface area contributed by atoms with Crippen LogP contribution >= 0.6 is 0 Å². The van der Waals surface area contributed by atoms with Gasteiger partial charge in [0.25, 0.3) is 0 Å². The first-order valence-electron chi connectivity index (χ1n) is 9.00. The van der Waals surface area contributed by atoms with Crippen LogP contribution in [0.5, 0.6) is 0 Å². The van der Waals surface area contributed by atoms with Crippen molar-refractivity contribution in [2.24, 2.45) is 10.9 Å². The van der Waals surface area contributed by atoms with Crippen LogP contribution in [0.3, 0.4) is 0 Å². The molecule has 1 aliphatic carbocycles. The van der Waals surface area contributed by atoms with Gasteiger partial charge < -0.3 is 4.57 Å². The smallest absolute Gasteiger partial charge is 0.0537 e. The van der Waals surface area contributed by atoms with Gasteiger partial charge in [0.15, 0.2) is 0 Å². The SMILES string of the molecule is C=C/C=C(\N=C/C)C1C=CC=C(n2c3ccccc3c3ccccc32)C1. The molecule has 0 amide bonds. The number of para-hydroxylation sites is 2. The van der Waals surface area contributed by atoms with E-state index in [4.69, 9.17) is 0 Å². The summed E-state index contributed by atoms with van der Waals surface area (Å²) in [5, 5.41) is 2.59. The molecule has 0 saturated carbocycles. The first-order chi connectivity index (χ1) is 12.8. The van der Waals surface area contributed by atoms with Crippen LogP contribution in [0, 0.1) is 5.92 Å². The zero-order chi connectivity index (χ0) is 17.9. The number of hydrogen-bond acceptors (Lipinski definition) is 1. The summed E-state index contributed by atoms with van der Waals surface area (Å²) < 4.78 is 2.39. The van der Waals surface area contributed by atoms with E-state index in [1.807, 2.05) is 25.3 Å². The molecule has 0 spiro atoms. The number of fused-ring (bicyclic) bond motifs is 3. The minimum absolute atomic E-state index is 0.254. The van der Waals surface area contributed by atoms with Crippen LogP contribution in [0.1, 0.15) is 13.3 Å². The molecule has 0 N–H and O–H groups in total. The quantitative estimate of drug-likeness (QED) is 0.388. The second-order valence-electron chi connectivity index (χ2n) is 6.44. The fourth-order valence-electron chi connectivity index (χ4n) is 3.80. The Morgan fingerprint density at radius 2 is 1.73 bits per heavy atom. The molecule has 1 aliphatic rings. The van der Waals surface area contributed by atoms with Crippen molar-refractivity contribution in [3.05, 3.63) is 91.2 Å². The zero-order valence-electron chi connectivity index (χ0n) is 15.0. The molecule has 1 atom stereocenters. The van der Waals surface area contributed by atoms with Crippen molar-refractivity contribution >= 4 is 33.7 Å². The molecular weight excluding hydrogens is 316 g/mol. The minimum Gasteiger partial charge on any atom is -0.313 e. The predicted octanol–water partition coefficient (Wildman–Crippen LogP) is 6.37. The van der Waals surface area contributed by atoms with E-state index in [-0.39, 0.29) is 5.92 Å². The van der Waals surface area contributed by atoms with Crippen LogP contribution in [0.4, 0.5) is 0 Å². The first-order valence-corrected chi connectivity index (χ1v) is 9.00. The van der Waals surface area contributed by atoms with Gasteiger partial charge in [0.2, 0.25) is 0 Å². The van der Waals surface area contributed by atoms with E-state index in [1.165, 1.54) is 27.5 Å². The van der Waals surface area contributed by atoms with Crippen molar-refractivity contribution in [2.75, 3.05) is 0 Å². The fourth-order valence-corrected chi connectivity index (χ4v) is 3.80. The van der Waals surface area contributed by atoms with Gasteiger partial charge in [-0.3, -0.25) is 4.99 Å². The molecule has 4 rings (SSSR count). The maximum absolute atomic E-state index is 4.56. The third-order valence-electron chi connectivity index (χ3n) is 4.88. The zero-order valence-corrected chi connectivity index (χ0v) is 15.0. The van der Waals surface area contributed by atoms with Gasteiger partial charge in [-0.2, -0.15) is 0 Å². The third kappa shape index (κ3) is 2.74. The molecule has 0 bridgehead atoms. The van der Waals surface area contributed by atoms with E-state index < -0.39 is 0 Å². The molecule has 1 unspecified atom stereocenters.